The summed E-state index contributed by atoms with van der Waals surface area (Å²) in [5.74, 6) is 0.845. The van der Waals surface area contributed by atoms with Gasteiger partial charge in [-0.3, -0.25) is 4.79 Å². The maximum Gasteiger partial charge on any atom is 0.233 e. The van der Waals surface area contributed by atoms with E-state index in [9.17, 15) is 4.79 Å². The Hall–Kier alpha value is -1.55. The van der Waals surface area contributed by atoms with E-state index in [4.69, 9.17) is 4.98 Å². The van der Waals surface area contributed by atoms with E-state index in [-0.39, 0.29) is 0 Å². The van der Waals surface area contributed by atoms with Crippen LogP contribution in [-0.4, -0.2) is 33.6 Å². The maximum absolute atomic E-state index is 13.4. The third kappa shape index (κ3) is 4.79. The lowest BCUT2D eigenvalue weighted by molar-refractivity contribution is -0.135. The van der Waals surface area contributed by atoms with Crippen LogP contribution in [0.2, 0.25) is 0 Å². The van der Waals surface area contributed by atoms with Crippen molar-refractivity contribution in [3.05, 3.63) is 35.4 Å². The van der Waals surface area contributed by atoms with E-state index in [2.05, 4.69) is 43.0 Å². The first-order valence-corrected chi connectivity index (χ1v) is 12.4. The molecule has 0 saturated heterocycles. The fourth-order valence-corrected chi connectivity index (χ4v) is 6.06. The van der Waals surface area contributed by atoms with Crippen molar-refractivity contribution < 1.29 is 4.79 Å². The van der Waals surface area contributed by atoms with Crippen LogP contribution in [0.25, 0.3) is 10.9 Å². The normalized spacial score (nSPS) is 18.8. The molecule has 0 aliphatic heterocycles. The first-order chi connectivity index (χ1) is 14.1. The van der Waals surface area contributed by atoms with Gasteiger partial charge in [-0.05, 0) is 56.7 Å². The molecule has 0 bridgehead atoms. The van der Waals surface area contributed by atoms with Gasteiger partial charge < -0.3 is 4.90 Å². The number of rotatable bonds is 5. The van der Waals surface area contributed by atoms with E-state index in [0.29, 0.717) is 23.7 Å². The SMILES string of the molecule is Cc1cc2cccc(C)c2nc1SCC(=O)N(C1CCCCC1)C1CCCCC1. The lowest BCUT2D eigenvalue weighted by Crippen LogP contribution is -2.49. The van der Waals surface area contributed by atoms with Crippen molar-refractivity contribution in [3.8, 4) is 0 Å². The van der Waals surface area contributed by atoms with E-state index in [1.54, 1.807) is 11.8 Å². The van der Waals surface area contributed by atoms with Crippen molar-refractivity contribution in [1.82, 2.24) is 9.88 Å². The Labute approximate surface area is 179 Å². The molecule has 2 fully saturated rings. The van der Waals surface area contributed by atoms with Crippen molar-refractivity contribution in [2.24, 2.45) is 0 Å². The first-order valence-electron chi connectivity index (χ1n) is 11.4. The minimum Gasteiger partial charge on any atom is -0.336 e. The zero-order valence-electron chi connectivity index (χ0n) is 18.0. The summed E-state index contributed by atoms with van der Waals surface area (Å²) in [7, 11) is 0. The number of hydrogen-bond acceptors (Lipinski definition) is 3. The number of thioether (sulfide) groups is 1. The van der Waals surface area contributed by atoms with Crippen LogP contribution in [0.15, 0.2) is 29.3 Å². The number of aromatic nitrogens is 1. The van der Waals surface area contributed by atoms with Gasteiger partial charge in [0.2, 0.25) is 5.91 Å². The summed E-state index contributed by atoms with van der Waals surface area (Å²) in [6.45, 7) is 4.22. The Kier molecular flexibility index (Phi) is 6.79. The molecular formula is C25H34N2OS. The van der Waals surface area contributed by atoms with Crippen LogP contribution >= 0.6 is 11.8 Å². The van der Waals surface area contributed by atoms with Crippen molar-refractivity contribution in [3.63, 3.8) is 0 Å². The molecule has 0 radical (unpaired) electrons. The second-order valence-corrected chi connectivity index (χ2v) is 9.89. The molecule has 2 saturated carbocycles. The van der Waals surface area contributed by atoms with Crippen LogP contribution in [0.1, 0.15) is 75.3 Å². The molecule has 0 spiro atoms. The number of para-hydroxylation sites is 1. The highest BCUT2D eigenvalue weighted by molar-refractivity contribution is 7.99. The van der Waals surface area contributed by atoms with E-state index >= 15 is 0 Å². The summed E-state index contributed by atoms with van der Waals surface area (Å²) in [4.78, 5) is 20.7. The van der Waals surface area contributed by atoms with Gasteiger partial charge in [0.1, 0.15) is 5.03 Å². The zero-order valence-corrected chi connectivity index (χ0v) is 18.8. The number of fused-ring (bicyclic) bond motifs is 1. The molecule has 0 unspecified atom stereocenters. The summed E-state index contributed by atoms with van der Waals surface area (Å²) < 4.78 is 0. The van der Waals surface area contributed by atoms with Gasteiger partial charge in [-0.1, -0.05) is 68.5 Å². The molecule has 1 aromatic carbocycles. The quantitative estimate of drug-likeness (QED) is 0.532. The van der Waals surface area contributed by atoms with Crippen molar-refractivity contribution in [2.75, 3.05) is 5.75 Å². The lowest BCUT2D eigenvalue weighted by Gasteiger charge is -2.41. The Morgan fingerprint density at radius 3 is 2.21 bits per heavy atom. The van der Waals surface area contributed by atoms with E-state index in [1.807, 2.05) is 0 Å². The molecule has 0 atom stereocenters. The highest BCUT2D eigenvalue weighted by Gasteiger charge is 2.32. The highest BCUT2D eigenvalue weighted by Crippen LogP contribution is 2.32. The van der Waals surface area contributed by atoms with E-state index in [1.165, 1.54) is 80.7 Å². The van der Waals surface area contributed by atoms with Crippen molar-refractivity contribution in [1.29, 1.82) is 0 Å². The maximum atomic E-state index is 13.4. The number of benzene rings is 1. The molecule has 0 N–H and O–H groups in total. The minimum atomic E-state index is 0.333. The van der Waals surface area contributed by atoms with Gasteiger partial charge in [0.15, 0.2) is 0 Å². The lowest BCUT2D eigenvalue weighted by atomic mass is 9.88. The second-order valence-electron chi connectivity index (χ2n) is 8.93. The molecule has 156 valence electrons. The standard InChI is InChI=1S/C25H34N2OS/c1-18-10-9-11-20-16-19(2)25(26-24(18)20)29-17-23(28)27(21-12-5-3-6-13-21)22-14-7-4-8-15-22/h9-11,16,21-22H,3-8,12-15,17H2,1-2H3. The predicted octanol–water partition coefficient (Wildman–Crippen LogP) is 6.44. The number of carbonyl (C=O) groups excluding carboxylic acids is 1. The van der Waals surface area contributed by atoms with Crippen LogP contribution in [-0.2, 0) is 4.79 Å². The topological polar surface area (TPSA) is 33.2 Å². The van der Waals surface area contributed by atoms with Gasteiger partial charge in [-0.15, -0.1) is 0 Å². The molecule has 1 amide bonds. The largest absolute Gasteiger partial charge is 0.336 e. The zero-order chi connectivity index (χ0) is 20.2. The Balaban J connectivity index is 1.50. The average Bonchev–Trinajstić information content (AvgIpc) is 2.74. The van der Waals surface area contributed by atoms with Crippen LogP contribution in [0.3, 0.4) is 0 Å². The van der Waals surface area contributed by atoms with Crippen molar-refractivity contribution >= 4 is 28.6 Å². The summed E-state index contributed by atoms with van der Waals surface area (Å²) in [5.41, 5.74) is 3.42. The smallest absolute Gasteiger partial charge is 0.233 e. The summed E-state index contributed by atoms with van der Waals surface area (Å²) in [6, 6.07) is 9.46. The molecule has 1 aromatic heterocycles. The van der Waals surface area contributed by atoms with E-state index < -0.39 is 0 Å². The summed E-state index contributed by atoms with van der Waals surface area (Å²) in [6.07, 6.45) is 12.5. The molecule has 1 heterocycles. The molecule has 3 nitrogen and oxygen atoms in total. The molecule has 2 aromatic rings. The van der Waals surface area contributed by atoms with Gasteiger partial charge in [-0.2, -0.15) is 0 Å². The van der Waals surface area contributed by atoms with Gasteiger partial charge in [0.25, 0.3) is 0 Å². The van der Waals surface area contributed by atoms with E-state index in [0.717, 1.165) is 10.5 Å². The van der Waals surface area contributed by atoms with Gasteiger partial charge in [-0.25, -0.2) is 4.98 Å². The molecular weight excluding hydrogens is 376 g/mol. The first kappa shape index (κ1) is 20.7. The predicted molar refractivity (Wildman–Crippen MR) is 123 cm³/mol. The Morgan fingerprint density at radius 1 is 0.966 bits per heavy atom. The molecule has 2 aliphatic rings. The number of amides is 1. The summed E-state index contributed by atoms with van der Waals surface area (Å²) in [5, 5.41) is 2.19. The number of nitrogens with zero attached hydrogens (tertiary/aromatic N) is 2. The Bertz CT molecular complexity index is 835. The number of aryl methyl sites for hydroxylation is 2. The molecule has 2 aliphatic carbocycles. The minimum absolute atomic E-state index is 0.333. The fourth-order valence-electron chi connectivity index (χ4n) is 5.21. The number of hydrogen-bond donors (Lipinski definition) is 0. The summed E-state index contributed by atoms with van der Waals surface area (Å²) >= 11 is 1.63. The average molecular weight is 411 g/mol. The Morgan fingerprint density at radius 2 is 1.59 bits per heavy atom. The monoisotopic (exact) mass is 410 g/mol. The molecule has 4 heteroatoms. The second kappa shape index (κ2) is 9.51. The van der Waals surface area contributed by atoms with Crippen LogP contribution in [0.5, 0.6) is 0 Å². The van der Waals surface area contributed by atoms with Gasteiger partial charge in [0, 0.05) is 17.5 Å². The van der Waals surface area contributed by atoms with Crippen LogP contribution in [0.4, 0.5) is 0 Å². The van der Waals surface area contributed by atoms with Gasteiger partial charge in [0.05, 0.1) is 11.3 Å². The molecule has 29 heavy (non-hydrogen) atoms. The molecule has 4 rings (SSSR count). The van der Waals surface area contributed by atoms with Crippen molar-refractivity contribution in [2.45, 2.75) is 95.2 Å². The fraction of sp³-hybridized carbons (Fsp3) is 0.600. The van der Waals surface area contributed by atoms with Crippen LogP contribution < -0.4 is 0 Å². The number of pyridine rings is 1. The number of carbonyl (C=O) groups is 1. The van der Waals surface area contributed by atoms with Crippen LogP contribution in [0, 0.1) is 13.8 Å². The highest BCUT2D eigenvalue weighted by atomic mass is 32.2. The van der Waals surface area contributed by atoms with Gasteiger partial charge >= 0.3 is 0 Å². The third-order valence-corrected chi connectivity index (χ3v) is 7.83. The third-order valence-electron chi connectivity index (χ3n) is 6.75.